The minimum Gasteiger partial charge on any atom is -0.497 e. The number of nitrogens with one attached hydrogen (secondary N) is 1. The van der Waals surface area contributed by atoms with Crippen LogP contribution in [0.3, 0.4) is 0 Å². The maximum atomic E-state index is 13.3. The van der Waals surface area contributed by atoms with Crippen LogP contribution in [0.2, 0.25) is 0 Å². The van der Waals surface area contributed by atoms with Gasteiger partial charge in [0.2, 0.25) is 5.82 Å². The van der Waals surface area contributed by atoms with Crippen molar-refractivity contribution >= 4 is 16.7 Å². The molecule has 1 aromatic carbocycles. The number of aromatic nitrogens is 2. The van der Waals surface area contributed by atoms with Crippen LogP contribution in [-0.4, -0.2) is 30.6 Å². The predicted octanol–water partition coefficient (Wildman–Crippen LogP) is 3.04. The Morgan fingerprint density at radius 2 is 1.95 bits per heavy atom. The molecule has 0 saturated heterocycles. The Labute approximate surface area is 111 Å². The van der Waals surface area contributed by atoms with Gasteiger partial charge in [-0.05, 0) is 18.2 Å². The van der Waals surface area contributed by atoms with Crippen molar-refractivity contribution in [2.45, 2.75) is 12.3 Å². The van der Waals surface area contributed by atoms with E-state index in [9.17, 15) is 17.6 Å². The normalized spacial score (nSPS) is 11.9. The summed E-state index contributed by atoms with van der Waals surface area (Å²) in [6.07, 6.45) is -3.87. The molecule has 0 unspecified atom stereocenters. The van der Waals surface area contributed by atoms with Crippen molar-refractivity contribution in [1.82, 2.24) is 9.97 Å². The zero-order chi connectivity index (χ0) is 14.9. The second-order valence-corrected chi connectivity index (χ2v) is 3.95. The van der Waals surface area contributed by atoms with Crippen LogP contribution in [-0.2, 0) is 5.92 Å². The van der Waals surface area contributed by atoms with E-state index in [-0.39, 0.29) is 11.3 Å². The van der Waals surface area contributed by atoms with Gasteiger partial charge in [0.25, 0.3) is 0 Å². The molecular weight excluding hydrogens is 278 g/mol. The van der Waals surface area contributed by atoms with Crippen molar-refractivity contribution < 1.29 is 22.3 Å². The summed E-state index contributed by atoms with van der Waals surface area (Å²) in [5, 5.41) is 2.99. The molecule has 0 saturated carbocycles. The first-order valence-electron chi connectivity index (χ1n) is 5.60. The highest BCUT2D eigenvalue weighted by Gasteiger charge is 2.46. The van der Waals surface area contributed by atoms with Crippen molar-refractivity contribution in [3.8, 4) is 5.75 Å². The number of anilines is 1. The average Bonchev–Trinajstić information content (AvgIpc) is 2.45. The SMILES string of the molecule is CNc1nc(C(F)(F)C(F)F)nc2ccc(OC)cc12. The molecule has 0 amide bonds. The lowest BCUT2D eigenvalue weighted by atomic mass is 10.2. The van der Waals surface area contributed by atoms with E-state index in [0.29, 0.717) is 11.1 Å². The number of halogens is 4. The fourth-order valence-corrected chi connectivity index (χ4v) is 1.67. The largest absolute Gasteiger partial charge is 0.497 e. The summed E-state index contributed by atoms with van der Waals surface area (Å²) in [6.45, 7) is 0. The Morgan fingerprint density at radius 3 is 2.50 bits per heavy atom. The molecule has 20 heavy (non-hydrogen) atoms. The fraction of sp³-hybridized carbons (Fsp3) is 0.333. The Hall–Kier alpha value is -2.12. The van der Waals surface area contributed by atoms with Crippen LogP contribution in [0.5, 0.6) is 5.75 Å². The molecule has 1 N–H and O–H groups in total. The van der Waals surface area contributed by atoms with Crippen molar-refractivity contribution in [3.05, 3.63) is 24.0 Å². The lowest BCUT2D eigenvalue weighted by molar-refractivity contribution is -0.140. The molecule has 4 nitrogen and oxygen atoms in total. The first kappa shape index (κ1) is 14.3. The lowest BCUT2D eigenvalue weighted by Gasteiger charge is -2.16. The summed E-state index contributed by atoms with van der Waals surface area (Å²) < 4.78 is 56.5. The topological polar surface area (TPSA) is 47.0 Å². The first-order valence-corrected chi connectivity index (χ1v) is 5.60. The zero-order valence-electron chi connectivity index (χ0n) is 10.6. The third kappa shape index (κ3) is 2.33. The minimum atomic E-state index is -4.40. The maximum absolute atomic E-state index is 13.3. The van der Waals surface area contributed by atoms with Gasteiger partial charge >= 0.3 is 12.3 Å². The Kier molecular flexibility index (Phi) is 3.65. The van der Waals surface area contributed by atoms with Gasteiger partial charge in [0.1, 0.15) is 11.6 Å². The summed E-state index contributed by atoms with van der Waals surface area (Å²) >= 11 is 0. The van der Waals surface area contributed by atoms with E-state index in [2.05, 4.69) is 15.3 Å². The summed E-state index contributed by atoms with van der Waals surface area (Å²) in [4.78, 5) is 7.00. The number of methoxy groups -OCH3 is 1. The number of nitrogens with zero attached hydrogens (tertiary/aromatic N) is 2. The molecule has 1 aromatic heterocycles. The number of rotatable bonds is 4. The highest BCUT2D eigenvalue weighted by atomic mass is 19.3. The summed E-state index contributed by atoms with van der Waals surface area (Å²) in [6, 6.07) is 4.44. The standard InChI is InChI=1S/C12H11F4N3O/c1-17-9-7-5-6(20-2)3-4-8(7)18-11(19-9)12(15,16)10(13)14/h3-5,10H,1-2H3,(H,17,18,19). The van der Waals surface area contributed by atoms with Gasteiger partial charge in [-0.3, -0.25) is 0 Å². The molecule has 0 aliphatic carbocycles. The number of ether oxygens (including phenoxy) is 1. The van der Waals surface area contributed by atoms with Crippen LogP contribution >= 0.6 is 0 Å². The Morgan fingerprint density at radius 1 is 1.25 bits per heavy atom. The van der Waals surface area contributed by atoms with Crippen molar-refractivity contribution in [1.29, 1.82) is 0 Å². The number of hydrogen-bond acceptors (Lipinski definition) is 4. The second-order valence-electron chi connectivity index (χ2n) is 3.95. The molecule has 108 valence electrons. The number of fused-ring (bicyclic) bond motifs is 1. The van der Waals surface area contributed by atoms with Gasteiger partial charge in [0, 0.05) is 12.4 Å². The monoisotopic (exact) mass is 289 g/mol. The fourth-order valence-electron chi connectivity index (χ4n) is 1.67. The average molecular weight is 289 g/mol. The number of alkyl halides is 4. The molecule has 2 aromatic rings. The highest BCUT2D eigenvalue weighted by Crippen LogP contribution is 2.35. The van der Waals surface area contributed by atoms with Crippen LogP contribution in [0, 0.1) is 0 Å². The third-order valence-corrected chi connectivity index (χ3v) is 2.71. The lowest BCUT2D eigenvalue weighted by Crippen LogP contribution is -2.26. The molecule has 8 heteroatoms. The molecule has 0 radical (unpaired) electrons. The van der Waals surface area contributed by atoms with E-state index in [0.717, 1.165) is 0 Å². The van der Waals surface area contributed by atoms with Crippen molar-refractivity contribution in [2.75, 3.05) is 19.5 Å². The van der Waals surface area contributed by atoms with Crippen LogP contribution in [0.25, 0.3) is 10.9 Å². The second kappa shape index (κ2) is 5.10. The molecule has 0 spiro atoms. The molecule has 0 fully saturated rings. The van der Waals surface area contributed by atoms with Crippen LogP contribution < -0.4 is 10.1 Å². The number of benzene rings is 1. The minimum absolute atomic E-state index is 0.0317. The van der Waals surface area contributed by atoms with Crippen molar-refractivity contribution in [3.63, 3.8) is 0 Å². The van der Waals surface area contributed by atoms with E-state index in [4.69, 9.17) is 4.74 Å². The molecule has 1 heterocycles. The van der Waals surface area contributed by atoms with Crippen LogP contribution in [0.15, 0.2) is 18.2 Å². The van der Waals surface area contributed by atoms with E-state index in [1.54, 1.807) is 0 Å². The van der Waals surface area contributed by atoms with E-state index in [1.807, 2.05) is 0 Å². The van der Waals surface area contributed by atoms with E-state index < -0.39 is 18.2 Å². The smallest absolute Gasteiger partial charge is 0.365 e. The molecular formula is C12H11F4N3O. The van der Waals surface area contributed by atoms with Gasteiger partial charge in [-0.15, -0.1) is 0 Å². The summed E-state index contributed by atoms with van der Waals surface area (Å²) in [5.41, 5.74) is 0.125. The van der Waals surface area contributed by atoms with E-state index in [1.165, 1.54) is 32.4 Å². The number of hydrogen-bond donors (Lipinski definition) is 1. The van der Waals surface area contributed by atoms with Crippen molar-refractivity contribution in [2.24, 2.45) is 0 Å². The van der Waals surface area contributed by atoms with Gasteiger partial charge < -0.3 is 10.1 Å². The first-order chi connectivity index (χ1) is 9.40. The molecule has 0 aliphatic heterocycles. The highest BCUT2D eigenvalue weighted by molar-refractivity contribution is 5.90. The Balaban J connectivity index is 2.67. The Bertz CT molecular complexity index is 633. The molecule has 0 aliphatic rings. The van der Waals surface area contributed by atoms with Gasteiger partial charge in [-0.1, -0.05) is 0 Å². The van der Waals surface area contributed by atoms with Gasteiger partial charge in [0.05, 0.1) is 12.6 Å². The maximum Gasteiger partial charge on any atom is 0.365 e. The van der Waals surface area contributed by atoms with Gasteiger partial charge in [0.15, 0.2) is 0 Å². The van der Waals surface area contributed by atoms with Gasteiger partial charge in [-0.2, -0.15) is 8.78 Å². The van der Waals surface area contributed by atoms with Crippen LogP contribution in [0.4, 0.5) is 23.4 Å². The van der Waals surface area contributed by atoms with Crippen LogP contribution in [0.1, 0.15) is 5.82 Å². The zero-order valence-corrected chi connectivity index (χ0v) is 10.6. The molecule has 0 bridgehead atoms. The quantitative estimate of drug-likeness (QED) is 0.879. The van der Waals surface area contributed by atoms with Gasteiger partial charge in [-0.25, -0.2) is 18.7 Å². The van der Waals surface area contributed by atoms with E-state index >= 15 is 0 Å². The molecule has 0 atom stereocenters. The summed E-state index contributed by atoms with van der Waals surface area (Å²) in [5.74, 6) is -5.11. The molecule has 2 rings (SSSR count). The predicted molar refractivity (Wildman–Crippen MR) is 65.5 cm³/mol. The third-order valence-electron chi connectivity index (χ3n) is 2.71. The summed E-state index contributed by atoms with van der Waals surface area (Å²) in [7, 11) is 2.89.